The topological polar surface area (TPSA) is 31.0 Å². The molecule has 0 saturated carbocycles. The molecule has 0 atom stereocenters. The summed E-state index contributed by atoms with van der Waals surface area (Å²) >= 11 is 9.57. The van der Waals surface area contributed by atoms with Crippen LogP contribution in [0.4, 0.5) is 11.4 Å². The van der Waals surface area contributed by atoms with Crippen LogP contribution in [0.3, 0.4) is 0 Å². The van der Waals surface area contributed by atoms with Crippen LogP contribution in [0.25, 0.3) is 0 Å². The molecule has 7 heteroatoms. The molecule has 45 heavy (non-hydrogen) atoms. The van der Waals surface area contributed by atoms with E-state index in [2.05, 4.69) is 136 Å². The van der Waals surface area contributed by atoms with Crippen LogP contribution in [0, 0.1) is 0 Å². The van der Waals surface area contributed by atoms with E-state index in [1.165, 1.54) is 45.1 Å². The fourth-order valence-corrected chi connectivity index (χ4v) is 7.17. The van der Waals surface area contributed by atoms with Gasteiger partial charge in [-0.15, -0.1) is 0 Å². The standard InChI is InChI=1S/C38H43N4S2.BrH/c1-37(2)31-14-5-7-16-33(31)41(24-10-22-39-27-43)35(37)20-18-29-12-9-13-30(26-29)19-21-36-38(3,4)32-15-6-8-17-34(32)42(36)25-11-23-40-28-44;/h5-8,14-21,26H,9-13,22-25H2,1-4H3;1H/q+1;/p-1. The molecule has 2 heterocycles. The highest BCUT2D eigenvalue weighted by molar-refractivity contribution is 7.78. The lowest BCUT2D eigenvalue weighted by molar-refractivity contribution is -0.437. The minimum atomic E-state index is -0.0695. The molecule has 2 aliphatic heterocycles. The van der Waals surface area contributed by atoms with E-state index in [1.807, 2.05) is 0 Å². The molecular weight excluding hydrogens is 656 g/mol. The van der Waals surface area contributed by atoms with Gasteiger partial charge in [-0.1, -0.05) is 68.5 Å². The van der Waals surface area contributed by atoms with Gasteiger partial charge in [0.2, 0.25) is 5.69 Å². The van der Waals surface area contributed by atoms with Crippen LogP contribution >= 0.6 is 24.4 Å². The molecule has 0 amide bonds. The van der Waals surface area contributed by atoms with E-state index in [9.17, 15) is 0 Å². The van der Waals surface area contributed by atoms with Crippen LogP contribution in [0.5, 0.6) is 0 Å². The average Bonchev–Trinajstić information content (AvgIpc) is 3.38. The molecule has 0 spiro atoms. The highest BCUT2D eigenvalue weighted by atomic mass is 79.9. The Morgan fingerprint density at radius 2 is 1.53 bits per heavy atom. The van der Waals surface area contributed by atoms with Crippen molar-refractivity contribution in [3.05, 3.63) is 107 Å². The smallest absolute Gasteiger partial charge is 0.209 e. The van der Waals surface area contributed by atoms with E-state index in [4.69, 9.17) is 24.4 Å². The fourth-order valence-electron chi connectivity index (χ4n) is 6.98. The molecular formula is C38H43BrN4S2. The zero-order valence-corrected chi connectivity index (χ0v) is 30.1. The summed E-state index contributed by atoms with van der Waals surface area (Å²) in [5.74, 6) is 0. The number of thiocarbonyl (C=S) groups is 2. The minimum absolute atomic E-state index is 0. The van der Waals surface area contributed by atoms with Crippen molar-refractivity contribution in [1.29, 1.82) is 0 Å². The molecule has 0 bridgehead atoms. The van der Waals surface area contributed by atoms with Crippen molar-refractivity contribution in [3.63, 3.8) is 0 Å². The number of isothiocyanates is 2. The number of anilines is 1. The number of para-hydroxylation sites is 2. The molecule has 3 aliphatic rings. The second kappa shape index (κ2) is 15.5. The van der Waals surface area contributed by atoms with Gasteiger partial charge < -0.3 is 21.9 Å². The van der Waals surface area contributed by atoms with Crippen molar-refractivity contribution in [1.82, 2.24) is 0 Å². The van der Waals surface area contributed by atoms with Gasteiger partial charge in [-0.2, -0.15) is 4.58 Å². The third-order valence-corrected chi connectivity index (χ3v) is 9.50. The summed E-state index contributed by atoms with van der Waals surface area (Å²) in [6.45, 7) is 12.6. The van der Waals surface area contributed by atoms with E-state index in [-0.39, 0.29) is 27.8 Å². The largest absolute Gasteiger partial charge is 1.00 e. The Bertz CT molecular complexity index is 1660. The Morgan fingerprint density at radius 3 is 2.29 bits per heavy atom. The highest BCUT2D eigenvalue weighted by Gasteiger charge is 2.44. The predicted molar refractivity (Wildman–Crippen MR) is 192 cm³/mol. The first-order chi connectivity index (χ1) is 21.3. The summed E-state index contributed by atoms with van der Waals surface area (Å²) in [6.07, 6.45) is 17.0. The second-order valence-corrected chi connectivity index (χ2v) is 13.2. The molecule has 0 unspecified atom stereocenters. The van der Waals surface area contributed by atoms with Gasteiger partial charge in [0.15, 0.2) is 12.3 Å². The number of benzene rings is 2. The SMILES string of the molecule is CC1(C)C(/C=C/C2=CC(=C/C=C3/N(CCCN=C=S)c4ccccc4C3(C)C)/CCC2)=[N+](CCCN=C=S)c2ccccc21.[Br-]. The third kappa shape index (κ3) is 7.51. The number of halogens is 1. The molecule has 0 N–H and O–H groups in total. The van der Waals surface area contributed by atoms with Crippen molar-refractivity contribution in [3.8, 4) is 0 Å². The second-order valence-electron chi connectivity index (χ2n) is 12.8. The number of allylic oxidation sites excluding steroid dienone is 8. The molecule has 0 aromatic heterocycles. The van der Waals surface area contributed by atoms with Crippen molar-refractivity contribution < 1.29 is 21.6 Å². The molecule has 234 valence electrons. The Hall–Kier alpha value is -3.05. The summed E-state index contributed by atoms with van der Waals surface area (Å²) in [5.41, 5.74) is 10.7. The van der Waals surface area contributed by atoms with Crippen molar-refractivity contribution in [2.75, 3.05) is 31.1 Å². The molecule has 2 aromatic rings. The lowest BCUT2D eigenvalue weighted by atomic mass is 9.81. The Kier molecular flexibility index (Phi) is 12.0. The quantitative estimate of drug-likeness (QED) is 0.119. The van der Waals surface area contributed by atoms with Crippen molar-refractivity contribution in [2.24, 2.45) is 9.98 Å². The zero-order valence-electron chi connectivity index (χ0n) is 26.9. The van der Waals surface area contributed by atoms with Crippen LogP contribution in [0.2, 0.25) is 0 Å². The molecule has 4 nitrogen and oxygen atoms in total. The van der Waals surface area contributed by atoms with Gasteiger partial charge in [0.25, 0.3) is 0 Å². The Labute approximate surface area is 290 Å². The molecule has 0 fully saturated rings. The first-order valence-electron chi connectivity index (χ1n) is 15.8. The Morgan fingerprint density at radius 1 is 0.844 bits per heavy atom. The van der Waals surface area contributed by atoms with Crippen LogP contribution in [-0.4, -0.2) is 46.8 Å². The van der Waals surface area contributed by atoms with Crippen molar-refractivity contribution in [2.45, 2.75) is 70.6 Å². The fraction of sp³-hybridized carbons (Fsp3) is 0.395. The Balaban J connectivity index is 0.00000461. The van der Waals surface area contributed by atoms with Crippen LogP contribution in [0.1, 0.15) is 70.9 Å². The van der Waals surface area contributed by atoms with Crippen LogP contribution < -0.4 is 21.9 Å². The van der Waals surface area contributed by atoms with E-state index >= 15 is 0 Å². The summed E-state index contributed by atoms with van der Waals surface area (Å²) < 4.78 is 2.47. The molecule has 5 rings (SSSR count). The van der Waals surface area contributed by atoms with E-state index < -0.39 is 0 Å². The third-order valence-electron chi connectivity index (χ3n) is 9.24. The van der Waals surface area contributed by atoms with Gasteiger partial charge in [-0.05, 0) is 92.8 Å². The maximum absolute atomic E-state index is 4.78. The number of nitrogens with zero attached hydrogens (tertiary/aromatic N) is 4. The molecule has 1 aliphatic carbocycles. The van der Waals surface area contributed by atoms with E-state index in [0.717, 1.165) is 45.2 Å². The van der Waals surface area contributed by atoms with Crippen LogP contribution in [0.15, 0.2) is 106 Å². The zero-order chi connectivity index (χ0) is 31.2. The first kappa shape index (κ1) is 34.8. The predicted octanol–water partition coefficient (Wildman–Crippen LogP) is 6.33. The normalized spacial score (nSPS) is 19.6. The van der Waals surface area contributed by atoms with E-state index in [0.29, 0.717) is 13.1 Å². The summed E-state index contributed by atoms with van der Waals surface area (Å²) in [6, 6.07) is 17.6. The van der Waals surface area contributed by atoms with Gasteiger partial charge in [-0.3, -0.25) is 0 Å². The van der Waals surface area contributed by atoms with Crippen LogP contribution in [-0.2, 0) is 10.8 Å². The van der Waals surface area contributed by atoms with Crippen molar-refractivity contribution >= 4 is 51.8 Å². The summed E-state index contributed by atoms with van der Waals surface area (Å²) in [5, 5.41) is 5.01. The summed E-state index contributed by atoms with van der Waals surface area (Å²) in [7, 11) is 0. The van der Waals surface area contributed by atoms with E-state index in [1.54, 1.807) is 0 Å². The molecule has 2 aromatic carbocycles. The number of rotatable bonds is 11. The van der Waals surface area contributed by atoms with Gasteiger partial charge in [-0.25, -0.2) is 9.98 Å². The number of fused-ring (bicyclic) bond motifs is 2. The van der Waals surface area contributed by atoms with Gasteiger partial charge in [0.1, 0.15) is 0 Å². The summed E-state index contributed by atoms with van der Waals surface area (Å²) in [4.78, 5) is 10.8. The maximum atomic E-state index is 4.78. The maximum Gasteiger partial charge on any atom is 0.209 e. The first-order valence-corrected chi connectivity index (χ1v) is 16.6. The van der Waals surface area contributed by atoms with Gasteiger partial charge in [0, 0.05) is 47.5 Å². The monoisotopic (exact) mass is 698 g/mol. The average molecular weight is 700 g/mol. The van der Waals surface area contributed by atoms with Gasteiger partial charge >= 0.3 is 0 Å². The lowest BCUT2D eigenvalue weighted by Crippen LogP contribution is -3.00. The lowest BCUT2D eigenvalue weighted by Gasteiger charge is -2.27. The number of hydrogen-bond acceptors (Lipinski definition) is 5. The van der Waals surface area contributed by atoms with Gasteiger partial charge in [0.05, 0.1) is 28.8 Å². The highest BCUT2D eigenvalue weighted by Crippen LogP contribution is 2.47. The molecule has 0 saturated heterocycles. The number of aliphatic imine (C=N–C) groups is 2. The minimum Gasteiger partial charge on any atom is -1.00 e. The molecule has 0 radical (unpaired) electrons. The number of hydrogen-bond donors (Lipinski definition) is 0.